The van der Waals surface area contributed by atoms with Crippen molar-refractivity contribution in [1.29, 1.82) is 0 Å². The number of nitrogens with zero attached hydrogens (tertiary/aromatic N) is 3. The van der Waals surface area contributed by atoms with Gasteiger partial charge in [0.2, 0.25) is 5.91 Å². The van der Waals surface area contributed by atoms with Crippen LogP contribution >= 0.6 is 0 Å². The summed E-state index contributed by atoms with van der Waals surface area (Å²) in [5.74, 6) is 0.193. The van der Waals surface area contributed by atoms with Gasteiger partial charge in [-0.1, -0.05) is 30.3 Å². The van der Waals surface area contributed by atoms with Crippen molar-refractivity contribution >= 4 is 16.8 Å². The van der Waals surface area contributed by atoms with Crippen molar-refractivity contribution in [2.45, 2.75) is 32.6 Å². The fraction of sp³-hybridized carbons (Fsp3) is 0.240. The zero-order valence-corrected chi connectivity index (χ0v) is 18.3. The van der Waals surface area contributed by atoms with Crippen LogP contribution in [0.5, 0.6) is 0 Å². The van der Waals surface area contributed by atoms with Gasteiger partial charge in [-0.05, 0) is 23.8 Å². The van der Waals surface area contributed by atoms with E-state index in [1.165, 1.54) is 19.1 Å². The molecule has 4 aromatic rings. The van der Waals surface area contributed by atoms with Crippen LogP contribution in [0.3, 0.4) is 0 Å². The van der Waals surface area contributed by atoms with E-state index in [0.29, 0.717) is 42.9 Å². The van der Waals surface area contributed by atoms with E-state index in [-0.39, 0.29) is 17.3 Å². The quantitative estimate of drug-likeness (QED) is 0.478. The van der Waals surface area contributed by atoms with Gasteiger partial charge in [-0.2, -0.15) is 13.2 Å². The maximum Gasteiger partial charge on any atom is 0.416 e. The number of H-pyrrole nitrogens is 1. The molecule has 0 bridgehead atoms. The van der Waals surface area contributed by atoms with Gasteiger partial charge in [-0.3, -0.25) is 19.1 Å². The fourth-order valence-corrected chi connectivity index (χ4v) is 4.45. The highest BCUT2D eigenvalue weighted by molar-refractivity contribution is 5.93. The fourth-order valence-electron chi connectivity index (χ4n) is 4.45. The van der Waals surface area contributed by atoms with Crippen LogP contribution in [0, 0.1) is 0 Å². The van der Waals surface area contributed by atoms with Gasteiger partial charge in [0.15, 0.2) is 0 Å². The second kappa shape index (κ2) is 8.25. The average Bonchev–Trinajstić information content (AvgIpc) is 3.18. The van der Waals surface area contributed by atoms with Gasteiger partial charge >= 0.3 is 6.18 Å². The molecule has 3 heterocycles. The first kappa shape index (κ1) is 22.1. The Bertz CT molecular complexity index is 1450. The highest BCUT2D eigenvalue weighted by Gasteiger charge is 2.30. The van der Waals surface area contributed by atoms with E-state index in [0.717, 1.165) is 28.6 Å². The van der Waals surface area contributed by atoms with Gasteiger partial charge in [-0.25, -0.2) is 4.98 Å². The lowest BCUT2D eigenvalue weighted by atomic mass is 10.0. The minimum atomic E-state index is -4.42. The second-order valence-electron chi connectivity index (χ2n) is 8.44. The van der Waals surface area contributed by atoms with Gasteiger partial charge < -0.3 is 4.98 Å². The molecule has 0 saturated heterocycles. The molecule has 0 amide bonds. The predicted molar refractivity (Wildman–Crippen MR) is 121 cm³/mol. The lowest BCUT2D eigenvalue weighted by Crippen LogP contribution is -2.35. The number of aromatic amines is 1. The summed E-state index contributed by atoms with van der Waals surface area (Å²) in [7, 11) is 0. The van der Waals surface area contributed by atoms with Crippen LogP contribution in [0.2, 0.25) is 0 Å². The molecule has 0 unspecified atom stereocenters. The maximum absolute atomic E-state index is 12.8. The van der Waals surface area contributed by atoms with E-state index in [2.05, 4.69) is 14.9 Å². The Hall–Kier alpha value is -3.72. The molecule has 0 spiro atoms. The first-order valence-corrected chi connectivity index (χ1v) is 10.8. The van der Waals surface area contributed by atoms with Gasteiger partial charge in [-0.15, -0.1) is 0 Å². The number of hydrogen-bond acceptors (Lipinski definition) is 4. The minimum absolute atomic E-state index is 0.0668. The third-order valence-corrected chi connectivity index (χ3v) is 6.16. The van der Waals surface area contributed by atoms with E-state index in [9.17, 15) is 22.8 Å². The summed E-state index contributed by atoms with van der Waals surface area (Å²) >= 11 is 0. The largest absolute Gasteiger partial charge is 0.416 e. The molecular weight excluding hydrogens is 445 g/mol. The number of nitrogens with one attached hydrogen (secondary N) is 1. The number of rotatable bonds is 3. The summed E-state index contributed by atoms with van der Waals surface area (Å²) in [6.45, 7) is 3.15. The molecule has 0 radical (unpaired) electrons. The Morgan fingerprint density at radius 3 is 2.56 bits per heavy atom. The summed E-state index contributed by atoms with van der Waals surface area (Å²) in [6.07, 6.45) is -2.04. The molecule has 2 aromatic heterocycles. The maximum atomic E-state index is 12.8. The van der Waals surface area contributed by atoms with E-state index in [1.807, 2.05) is 30.5 Å². The summed E-state index contributed by atoms with van der Waals surface area (Å²) in [5.41, 5.74) is 2.43. The minimum Gasteiger partial charge on any atom is -0.306 e. The SMILES string of the molecule is CC(=O)n1cc(CN2CCc3nc(-c4ccc(C(F)(F)F)cc4)[nH]c(=O)c3C2)c2ccccc21. The van der Waals surface area contributed by atoms with Gasteiger partial charge in [0, 0.05) is 50.1 Å². The smallest absolute Gasteiger partial charge is 0.306 e. The Balaban J connectivity index is 1.40. The lowest BCUT2D eigenvalue weighted by Gasteiger charge is -2.27. The highest BCUT2D eigenvalue weighted by Crippen LogP contribution is 2.30. The van der Waals surface area contributed by atoms with Crippen molar-refractivity contribution in [2.24, 2.45) is 0 Å². The zero-order chi connectivity index (χ0) is 24.0. The molecule has 0 saturated carbocycles. The van der Waals surface area contributed by atoms with Crippen molar-refractivity contribution in [3.63, 3.8) is 0 Å². The third-order valence-electron chi connectivity index (χ3n) is 6.16. The number of hydrogen-bond donors (Lipinski definition) is 1. The van der Waals surface area contributed by atoms with Crippen LogP contribution in [0.25, 0.3) is 22.3 Å². The van der Waals surface area contributed by atoms with Crippen molar-refractivity contribution < 1.29 is 18.0 Å². The number of para-hydroxylation sites is 1. The summed E-state index contributed by atoms with van der Waals surface area (Å²) < 4.78 is 40.1. The molecule has 9 heteroatoms. The second-order valence-corrected chi connectivity index (χ2v) is 8.44. The molecule has 5 rings (SSSR count). The molecule has 34 heavy (non-hydrogen) atoms. The Labute approximate surface area is 192 Å². The number of benzene rings is 2. The molecular formula is C25H21F3N4O2. The average molecular weight is 466 g/mol. The van der Waals surface area contributed by atoms with Crippen molar-refractivity contribution in [2.75, 3.05) is 6.54 Å². The predicted octanol–water partition coefficient (Wildman–Crippen LogP) is 4.63. The van der Waals surface area contributed by atoms with Crippen LogP contribution in [0.1, 0.15) is 34.1 Å². The Morgan fingerprint density at radius 2 is 1.85 bits per heavy atom. The van der Waals surface area contributed by atoms with Crippen LogP contribution < -0.4 is 5.56 Å². The zero-order valence-electron chi connectivity index (χ0n) is 18.3. The molecule has 1 N–H and O–H groups in total. The number of alkyl halides is 3. The van der Waals surface area contributed by atoms with Crippen molar-refractivity contribution in [1.82, 2.24) is 19.4 Å². The molecule has 2 aromatic carbocycles. The van der Waals surface area contributed by atoms with Crippen LogP contribution in [0.4, 0.5) is 13.2 Å². The van der Waals surface area contributed by atoms with Gasteiger partial charge in [0.25, 0.3) is 5.56 Å². The van der Waals surface area contributed by atoms with E-state index in [1.54, 1.807) is 4.57 Å². The summed E-state index contributed by atoms with van der Waals surface area (Å²) in [5, 5.41) is 0.994. The number of aromatic nitrogens is 3. The molecule has 1 aliphatic heterocycles. The van der Waals surface area contributed by atoms with Gasteiger partial charge in [0.05, 0.1) is 22.3 Å². The first-order chi connectivity index (χ1) is 16.2. The van der Waals surface area contributed by atoms with E-state index < -0.39 is 11.7 Å². The number of halogens is 3. The molecule has 0 atom stereocenters. The molecule has 0 fully saturated rings. The number of carbonyl (C=O) groups is 1. The topological polar surface area (TPSA) is 71.0 Å². The van der Waals surface area contributed by atoms with E-state index >= 15 is 0 Å². The van der Waals surface area contributed by atoms with E-state index in [4.69, 9.17) is 0 Å². The number of carbonyl (C=O) groups excluding carboxylic acids is 1. The third kappa shape index (κ3) is 4.03. The molecule has 0 aliphatic carbocycles. The Morgan fingerprint density at radius 1 is 1.12 bits per heavy atom. The standard InChI is InChI=1S/C25H21F3N4O2/c1-15(33)32-13-17(19-4-2-3-5-22(19)32)12-31-11-10-21-20(14-31)24(34)30-23(29-21)16-6-8-18(9-7-16)25(26,27)28/h2-9,13H,10-12,14H2,1H3,(H,29,30,34). The monoisotopic (exact) mass is 466 g/mol. The normalized spacial score (nSPS) is 14.4. The van der Waals surface area contributed by atoms with Crippen LogP contribution in [0.15, 0.2) is 59.5 Å². The molecule has 1 aliphatic rings. The first-order valence-electron chi connectivity index (χ1n) is 10.8. The highest BCUT2D eigenvalue weighted by atomic mass is 19.4. The van der Waals surface area contributed by atoms with Crippen molar-refractivity contribution in [3.05, 3.63) is 87.5 Å². The van der Waals surface area contributed by atoms with Crippen molar-refractivity contribution in [3.8, 4) is 11.4 Å². The van der Waals surface area contributed by atoms with Crippen LogP contribution in [-0.4, -0.2) is 31.9 Å². The number of fused-ring (bicyclic) bond motifs is 2. The van der Waals surface area contributed by atoms with Gasteiger partial charge in [0.1, 0.15) is 5.82 Å². The molecule has 6 nitrogen and oxygen atoms in total. The summed E-state index contributed by atoms with van der Waals surface area (Å²) in [6, 6.07) is 12.3. The molecule has 174 valence electrons. The Kier molecular flexibility index (Phi) is 5.36. The van der Waals surface area contributed by atoms with Crippen LogP contribution in [-0.2, 0) is 25.7 Å². The lowest BCUT2D eigenvalue weighted by molar-refractivity contribution is -0.137. The summed E-state index contributed by atoms with van der Waals surface area (Å²) in [4.78, 5) is 34.3.